The minimum Gasteiger partial charge on any atom is -0.481 e. The number of carboxylic acids is 4. The predicted molar refractivity (Wildman–Crippen MR) is 208 cm³/mol. The number of nitrogens with one attached hydrogen (secondary N) is 4. The monoisotopic (exact) mass is 816 g/mol. The van der Waals surface area contributed by atoms with Crippen molar-refractivity contribution in [2.75, 3.05) is 33.0 Å². The molecule has 57 heavy (non-hydrogen) atoms. The Bertz CT molecular complexity index is 1200. The van der Waals surface area contributed by atoms with Crippen molar-refractivity contribution < 1.29 is 68.3 Å². The summed E-state index contributed by atoms with van der Waals surface area (Å²) in [5.74, 6) is -7.43. The minimum atomic E-state index is -1.52. The van der Waals surface area contributed by atoms with Crippen LogP contribution in [0.15, 0.2) is 0 Å². The maximum absolute atomic E-state index is 12.5. The van der Waals surface area contributed by atoms with E-state index >= 15 is 0 Å². The Morgan fingerprint density at radius 3 is 1.12 bits per heavy atom. The summed E-state index contributed by atoms with van der Waals surface area (Å²) in [5, 5.41) is 46.7. The number of carbonyl (C=O) groups is 8. The Kier molecular flexibility index (Phi) is 32.2. The number of ether oxygens (including phenoxy) is 2. The van der Waals surface area contributed by atoms with Gasteiger partial charge in [0.2, 0.25) is 23.6 Å². The van der Waals surface area contributed by atoms with E-state index in [9.17, 15) is 53.7 Å². The Morgan fingerprint density at radius 1 is 0.421 bits per heavy atom. The summed E-state index contributed by atoms with van der Waals surface area (Å²) in [5.41, 5.74) is 0. The van der Waals surface area contributed by atoms with Crippen molar-refractivity contribution in [2.45, 2.75) is 166 Å². The van der Waals surface area contributed by atoms with Crippen molar-refractivity contribution in [1.29, 1.82) is 0 Å². The predicted octanol–water partition coefficient (Wildman–Crippen LogP) is 3.53. The van der Waals surface area contributed by atoms with Gasteiger partial charge >= 0.3 is 23.9 Å². The van der Waals surface area contributed by atoms with Gasteiger partial charge in [-0.15, -0.1) is 0 Å². The van der Waals surface area contributed by atoms with E-state index in [2.05, 4.69) is 21.3 Å². The van der Waals surface area contributed by atoms with Crippen molar-refractivity contribution in [3.8, 4) is 0 Å². The summed E-state index contributed by atoms with van der Waals surface area (Å²) >= 11 is 0. The van der Waals surface area contributed by atoms with E-state index in [4.69, 9.17) is 14.6 Å². The van der Waals surface area contributed by atoms with Gasteiger partial charge in [0.1, 0.15) is 18.1 Å². The summed E-state index contributed by atoms with van der Waals surface area (Å²) in [6.45, 7) is 3.64. The number of unbranched alkanes of at least 4 members (excludes halogenated alkanes) is 13. The van der Waals surface area contributed by atoms with Gasteiger partial charge in [-0.2, -0.15) is 0 Å². The molecule has 0 saturated heterocycles. The van der Waals surface area contributed by atoms with Gasteiger partial charge in [0.15, 0.2) is 0 Å². The largest absolute Gasteiger partial charge is 0.481 e. The van der Waals surface area contributed by atoms with Crippen molar-refractivity contribution >= 4 is 47.5 Å². The first-order chi connectivity index (χ1) is 27.3. The van der Waals surface area contributed by atoms with Gasteiger partial charge in [-0.05, 0) is 39.0 Å². The van der Waals surface area contributed by atoms with Crippen LogP contribution >= 0.6 is 0 Å². The molecule has 328 valence electrons. The van der Waals surface area contributed by atoms with Gasteiger partial charge in [0.25, 0.3) is 0 Å². The third-order valence-corrected chi connectivity index (χ3v) is 9.07. The topological polar surface area (TPSA) is 284 Å². The summed E-state index contributed by atoms with van der Waals surface area (Å²) in [7, 11) is 0. The van der Waals surface area contributed by atoms with E-state index in [1.54, 1.807) is 0 Å². The third-order valence-electron chi connectivity index (χ3n) is 9.07. The molecule has 0 saturated carbocycles. The van der Waals surface area contributed by atoms with Crippen LogP contribution in [-0.2, 0) is 47.8 Å². The Hall–Kier alpha value is -4.32. The summed E-state index contributed by atoms with van der Waals surface area (Å²) in [6, 6.07) is -4.29. The lowest BCUT2D eigenvalue weighted by Crippen LogP contribution is -2.45. The Labute approximate surface area is 336 Å². The first-order valence-electron chi connectivity index (χ1n) is 20.5. The minimum absolute atomic E-state index is 0.135. The molecule has 0 radical (unpaired) electrons. The second kappa shape index (κ2) is 34.9. The van der Waals surface area contributed by atoms with E-state index in [1.165, 1.54) is 25.7 Å². The molecule has 0 rings (SSSR count). The lowest BCUT2D eigenvalue weighted by Gasteiger charge is -2.18. The fourth-order valence-corrected chi connectivity index (χ4v) is 5.80. The fourth-order valence-electron chi connectivity index (χ4n) is 5.80. The summed E-state index contributed by atoms with van der Waals surface area (Å²) in [6.07, 6.45) is 12.8. The van der Waals surface area contributed by atoms with Crippen LogP contribution in [0.3, 0.4) is 0 Å². The second-order valence-corrected chi connectivity index (χ2v) is 14.0. The van der Waals surface area contributed by atoms with Gasteiger partial charge < -0.3 is 51.2 Å². The molecule has 18 nitrogen and oxygen atoms in total. The zero-order valence-corrected chi connectivity index (χ0v) is 33.7. The molecular formula is C39H68N4O14. The van der Waals surface area contributed by atoms with E-state index < -0.39 is 78.5 Å². The van der Waals surface area contributed by atoms with Crippen molar-refractivity contribution in [3.63, 3.8) is 0 Å². The molecule has 0 bridgehead atoms. The number of carbonyl (C=O) groups excluding carboxylic acids is 4. The molecule has 0 aromatic rings. The lowest BCUT2D eigenvalue weighted by molar-refractivity contribution is -0.144. The van der Waals surface area contributed by atoms with E-state index in [-0.39, 0.29) is 51.7 Å². The zero-order chi connectivity index (χ0) is 42.7. The van der Waals surface area contributed by atoms with Gasteiger partial charge in [-0.25, -0.2) is 14.4 Å². The average molecular weight is 817 g/mol. The van der Waals surface area contributed by atoms with Gasteiger partial charge in [0.05, 0.1) is 19.8 Å². The van der Waals surface area contributed by atoms with Gasteiger partial charge in [0, 0.05) is 45.3 Å². The average Bonchev–Trinajstić information content (AvgIpc) is 3.15. The van der Waals surface area contributed by atoms with E-state index in [0.29, 0.717) is 26.2 Å². The molecule has 0 aliphatic heterocycles. The lowest BCUT2D eigenvalue weighted by atomic mass is 10.0. The molecule has 0 aliphatic carbocycles. The Morgan fingerprint density at radius 2 is 0.754 bits per heavy atom. The molecular weight excluding hydrogens is 748 g/mol. The molecule has 18 heteroatoms. The molecule has 0 aromatic carbocycles. The molecule has 0 spiro atoms. The highest BCUT2D eigenvalue weighted by Gasteiger charge is 2.26. The normalized spacial score (nSPS) is 12.5. The van der Waals surface area contributed by atoms with Crippen LogP contribution in [0.4, 0.5) is 0 Å². The first-order valence-corrected chi connectivity index (χ1v) is 20.5. The first kappa shape index (κ1) is 52.7. The number of carboxylic acid groups (broad SMARTS) is 4. The van der Waals surface area contributed by atoms with Crippen LogP contribution in [0.25, 0.3) is 0 Å². The molecule has 0 heterocycles. The number of hydrogen-bond donors (Lipinski definition) is 8. The second-order valence-electron chi connectivity index (χ2n) is 14.0. The molecule has 0 aromatic heterocycles. The van der Waals surface area contributed by atoms with E-state index in [1.807, 2.05) is 6.92 Å². The molecule has 0 aliphatic rings. The SMILES string of the molecule is CCOCCOCCNC(=O)CCC(NC(=O)CCC(NC(=O)CCC(NC(=O)CCCCCCCCCCCCCCCCC(=O)O)C(=O)O)C(=O)O)C(=O)O. The molecule has 4 amide bonds. The third kappa shape index (κ3) is 32.5. The standard InChI is InChI=1S/C39H68N4O14/c1-2-56-27-28-57-26-25-40-32(44)22-19-29(37(50)51)42-34(46)24-21-31(39(54)55)43-35(47)23-20-30(38(52)53)41-33(45)17-15-13-11-9-7-5-3-4-6-8-10-12-14-16-18-36(48)49/h29-31H,2-28H2,1H3,(H,40,44)(H,41,45)(H,42,46)(H,43,47)(H,48,49)(H,50,51)(H,52,53)(H,54,55). The summed E-state index contributed by atoms with van der Waals surface area (Å²) in [4.78, 5) is 95.0. The molecule has 0 fully saturated rings. The highest BCUT2D eigenvalue weighted by atomic mass is 16.5. The Balaban J connectivity index is 4.32. The number of rotatable bonds is 39. The molecule has 8 N–H and O–H groups in total. The van der Waals surface area contributed by atoms with Crippen molar-refractivity contribution in [1.82, 2.24) is 21.3 Å². The quantitative estimate of drug-likeness (QED) is 0.0412. The van der Waals surface area contributed by atoms with Crippen LogP contribution in [0.1, 0.15) is 148 Å². The highest BCUT2D eigenvalue weighted by Crippen LogP contribution is 2.14. The number of aliphatic carboxylic acids is 4. The molecule has 3 unspecified atom stereocenters. The highest BCUT2D eigenvalue weighted by molar-refractivity contribution is 5.87. The maximum atomic E-state index is 12.5. The van der Waals surface area contributed by atoms with Gasteiger partial charge in [-0.3, -0.25) is 24.0 Å². The van der Waals surface area contributed by atoms with Crippen molar-refractivity contribution in [3.05, 3.63) is 0 Å². The number of hydrogen-bond acceptors (Lipinski definition) is 10. The van der Waals surface area contributed by atoms with E-state index in [0.717, 1.165) is 57.8 Å². The van der Waals surface area contributed by atoms with Crippen LogP contribution in [-0.4, -0.2) is 119 Å². The van der Waals surface area contributed by atoms with Crippen LogP contribution in [0.5, 0.6) is 0 Å². The summed E-state index contributed by atoms with van der Waals surface area (Å²) < 4.78 is 10.4. The van der Waals surface area contributed by atoms with Gasteiger partial charge in [-0.1, -0.05) is 77.0 Å². The number of amides is 4. The fraction of sp³-hybridized carbons (Fsp3) is 0.795. The smallest absolute Gasteiger partial charge is 0.326 e. The zero-order valence-electron chi connectivity index (χ0n) is 33.7. The van der Waals surface area contributed by atoms with Crippen LogP contribution < -0.4 is 21.3 Å². The maximum Gasteiger partial charge on any atom is 0.326 e. The van der Waals surface area contributed by atoms with Crippen LogP contribution in [0, 0.1) is 0 Å². The van der Waals surface area contributed by atoms with Crippen molar-refractivity contribution in [2.24, 2.45) is 0 Å². The molecule has 3 atom stereocenters. The van der Waals surface area contributed by atoms with Crippen LogP contribution in [0.2, 0.25) is 0 Å².